The second-order valence-corrected chi connectivity index (χ2v) is 4.53. The van der Waals surface area contributed by atoms with E-state index in [9.17, 15) is 22.8 Å². The lowest BCUT2D eigenvalue weighted by Crippen LogP contribution is -2.46. The number of halogens is 3. The molecule has 0 aliphatic rings. The first-order valence-electron chi connectivity index (χ1n) is 6.04. The van der Waals surface area contributed by atoms with Gasteiger partial charge in [0.15, 0.2) is 0 Å². The molecule has 0 atom stereocenters. The van der Waals surface area contributed by atoms with Crippen LogP contribution in [0.1, 0.15) is 11.5 Å². The average Bonchev–Trinajstić information content (AvgIpc) is 2.70. The quantitative estimate of drug-likeness (QED) is 0.862. The number of rotatable bonds is 5. The van der Waals surface area contributed by atoms with E-state index in [4.69, 9.17) is 4.42 Å². The fourth-order valence-electron chi connectivity index (χ4n) is 1.53. The molecule has 21 heavy (non-hydrogen) atoms. The fourth-order valence-corrected chi connectivity index (χ4v) is 1.53. The zero-order valence-corrected chi connectivity index (χ0v) is 11.6. The van der Waals surface area contributed by atoms with Gasteiger partial charge in [-0.3, -0.25) is 15.0 Å². The van der Waals surface area contributed by atoms with E-state index in [0.717, 1.165) is 5.76 Å². The molecule has 0 aliphatic heterocycles. The number of carbonyl (C=O) groups is 2. The molecule has 0 spiro atoms. The normalized spacial score (nSPS) is 11.5. The first-order valence-corrected chi connectivity index (χ1v) is 6.04. The van der Waals surface area contributed by atoms with E-state index in [0.29, 0.717) is 12.3 Å². The summed E-state index contributed by atoms with van der Waals surface area (Å²) in [4.78, 5) is 24.1. The predicted molar refractivity (Wildman–Crippen MR) is 67.4 cm³/mol. The van der Waals surface area contributed by atoms with Crippen molar-refractivity contribution in [2.24, 2.45) is 0 Å². The summed E-state index contributed by atoms with van der Waals surface area (Å²) in [5, 5.41) is 3.36. The van der Waals surface area contributed by atoms with Gasteiger partial charge in [-0.2, -0.15) is 13.2 Å². The topological polar surface area (TPSA) is 74.6 Å². The van der Waals surface area contributed by atoms with Crippen molar-refractivity contribution in [1.29, 1.82) is 0 Å². The lowest BCUT2D eigenvalue weighted by Gasteiger charge is -2.15. The van der Waals surface area contributed by atoms with E-state index in [1.54, 1.807) is 36.3 Å². The lowest BCUT2D eigenvalue weighted by atomic mass is 10.4. The summed E-state index contributed by atoms with van der Waals surface area (Å²) < 4.78 is 40.9. The fraction of sp³-hybridized carbons (Fsp3) is 0.500. The van der Waals surface area contributed by atoms with Gasteiger partial charge in [0.2, 0.25) is 5.91 Å². The third kappa shape index (κ3) is 7.35. The largest absolute Gasteiger partial charge is 0.465 e. The Morgan fingerprint density at radius 1 is 1.33 bits per heavy atom. The minimum atomic E-state index is -4.52. The van der Waals surface area contributed by atoms with E-state index in [1.807, 2.05) is 5.32 Å². The Morgan fingerprint density at radius 3 is 2.52 bits per heavy atom. The molecule has 0 saturated heterocycles. The van der Waals surface area contributed by atoms with Crippen molar-refractivity contribution in [2.45, 2.75) is 19.6 Å². The molecule has 1 rings (SSSR count). The van der Waals surface area contributed by atoms with Crippen LogP contribution in [0, 0.1) is 6.92 Å². The number of amides is 3. The Balaban J connectivity index is 2.30. The number of urea groups is 1. The highest BCUT2D eigenvalue weighted by molar-refractivity contribution is 5.95. The molecule has 0 unspecified atom stereocenters. The maximum absolute atomic E-state index is 11.9. The van der Waals surface area contributed by atoms with Gasteiger partial charge >= 0.3 is 12.2 Å². The summed E-state index contributed by atoms with van der Waals surface area (Å²) >= 11 is 0. The van der Waals surface area contributed by atoms with Crippen LogP contribution in [-0.2, 0) is 11.3 Å². The number of alkyl halides is 3. The molecule has 0 radical (unpaired) electrons. The number of carbonyl (C=O) groups excluding carboxylic acids is 2. The standard InChI is InChI=1S/C12H16F3N3O3/c1-8-3-4-9(21-8)5-18(2)6-10(19)17-11(20)16-7-12(13,14)15/h3-4H,5-7H2,1-2H3,(H2,16,17,19,20). The van der Waals surface area contributed by atoms with Gasteiger partial charge in [0.1, 0.15) is 18.1 Å². The number of furan rings is 1. The van der Waals surface area contributed by atoms with Crippen molar-refractivity contribution in [2.75, 3.05) is 20.1 Å². The summed E-state index contributed by atoms with van der Waals surface area (Å²) in [6.07, 6.45) is -4.52. The van der Waals surface area contributed by atoms with Crippen LogP contribution in [0.15, 0.2) is 16.5 Å². The SMILES string of the molecule is Cc1ccc(CN(C)CC(=O)NC(=O)NCC(F)(F)F)o1. The molecule has 0 aromatic carbocycles. The number of aryl methyl sites for hydroxylation is 1. The number of nitrogens with one attached hydrogen (secondary N) is 2. The lowest BCUT2D eigenvalue weighted by molar-refractivity contribution is -0.125. The molecule has 1 aromatic heterocycles. The third-order valence-corrected chi connectivity index (χ3v) is 2.34. The number of hydrogen-bond acceptors (Lipinski definition) is 4. The van der Waals surface area contributed by atoms with Gasteiger partial charge in [-0.05, 0) is 26.1 Å². The summed E-state index contributed by atoms with van der Waals surface area (Å²) in [6.45, 7) is 0.472. The highest BCUT2D eigenvalue weighted by Crippen LogP contribution is 2.12. The molecule has 0 fully saturated rings. The molecule has 9 heteroatoms. The molecule has 0 saturated carbocycles. The first kappa shape index (κ1) is 17.0. The van der Waals surface area contributed by atoms with Crippen LogP contribution in [0.2, 0.25) is 0 Å². The summed E-state index contributed by atoms with van der Waals surface area (Å²) in [6, 6.07) is 2.34. The van der Waals surface area contributed by atoms with E-state index in [2.05, 4.69) is 0 Å². The van der Waals surface area contributed by atoms with Crippen molar-refractivity contribution in [1.82, 2.24) is 15.5 Å². The van der Waals surface area contributed by atoms with Crippen molar-refractivity contribution < 1.29 is 27.2 Å². The van der Waals surface area contributed by atoms with E-state index >= 15 is 0 Å². The third-order valence-electron chi connectivity index (χ3n) is 2.34. The molecule has 2 N–H and O–H groups in total. The van der Waals surface area contributed by atoms with Gasteiger partial charge in [0.25, 0.3) is 0 Å². The zero-order valence-electron chi connectivity index (χ0n) is 11.6. The van der Waals surface area contributed by atoms with Crippen molar-refractivity contribution in [3.8, 4) is 0 Å². The van der Waals surface area contributed by atoms with Gasteiger partial charge < -0.3 is 9.73 Å². The molecular formula is C12H16F3N3O3. The second kappa shape index (κ2) is 7.11. The minimum Gasteiger partial charge on any atom is -0.465 e. The smallest absolute Gasteiger partial charge is 0.405 e. The van der Waals surface area contributed by atoms with Crippen molar-refractivity contribution in [3.05, 3.63) is 23.7 Å². The highest BCUT2D eigenvalue weighted by Gasteiger charge is 2.28. The molecular weight excluding hydrogens is 291 g/mol. The number of imide groups is 1. The van der Waals surface area contributed by atoms with E-state index in [1.165, 1.54) is 0 Å². The number of hydrogen-bond donors (Lipinski definition) is 2. The monoisotopic (exact) mass is 307 g/mol. The highest BCUT2D eigenvalue weighted by atomic mass is 19.4. The minimum absolute atomic E-state index is 0.154. The van der Waals surface area contributed by atoms with Gasteiger partial charge in [0, 0.05) is 0 Å². The molecule has 1 aromatic rings. The van der Waals surface area contributed by atoms with E-state index < -0.39 is 24.7 Å². The molecule has 3 amide bonds. The Kier molecular flexibility index (Phi) is 5.77. The maximum atomic E-state index is 11.9. The van der Waals surface area contributed by atoms with E-state index in [-0.39, 0.29) is 6.54 Å². The van der Waals surface area contributed by atoms with Crippen LogP contribution < -0.4 is 10.6 Å². The van der Waals surface area contributed by atoms with Crippen LogP contribution in [0.25, 0.3) is 0 Å². The van der Waals surface area contributed by atoms with Crippen molar-refractivity contribution in [3.63, 3.8) is 0 Å². The Hall–Kier alpha value is -2.03. The molecule has 118 valence electrons. The number of likely N-dealkylation sites (N-methyl/N-ethyl adjacent to an activating group) is 1. The summed E-state index contributed by atoms with van der Waals surface area (Å²) in [7, 11) is 1.62. The van der Waals surface area contributed by atoms with Crippen LogP contribution in [0.3, 0.4) is 0 Å². The van der Waals surface area contributed by atoms with Crippen LogP contribution in [-0.4, -0.2) is 43.2 Å². The van der Waals surface area contributed by atoms with Gasteiger partial charge in [0.05, 0.1) is 13.1 Å². The first-order chi connectivity index (χ1) is 9.65. The van der Waals surface area contributed by atoms with Crippen LogP contribution >= 0.6 is 0 Å². The van der Waals surface area contributed by atoms with Gasteiger partial charge in [-0.15, -0.1) is 0 Å². The number of nitrogens with zero attached hydrogens (tertiary/aromatic N) is 1. The maximum Gasteiger partial charge on any atom is 0.405 e. The molecule has 0 aliphatic carbocycles. The van der Waals surface area contributed by atoms with Crippen LogP contribution in [0.4, 0.5) is 18.0 Å². The summed E-state index contributed by atoms with van der Waals surface area (Å²) in [5.41, 5.74) is 0. The second-order valence-electron chi connectivity index (χ2n) is 4.53. The predicted octanol–water partition coefficient (Wildman–Crippen LogP) is 1.41. The van der Waals surface area contributed by atoms with Crippen LogP contribution in [0.5, 0.6) is 0 Å². The average molecular weight is 307 g/mol. The Morgan fingerprint density at radius 2 is 2.00 bits per heavy atom. The molecule has 0 bridgehead atoms. The zero-order chi connectivity index (χ0) is 16.0. The van der Waals surface area contributed by atoms with Gasteiger partial charge in [-0.1, -0.05) is 0 Å². The summed E-state index contributed by atoms with van der Waals surface area (Å²) in [5.74, 6) is 0.666. The molecule has 6 nitrogen and oxygen atoms in total. The van der Waals surface area contributed by atoms with Gasteiger partial charge in [-0.25, -0.2) is 4.79 Å². The Labute approximate surface area is 119 Å². The van der Waals surface area contributed by atoms with Crippen molar-refractivity contribution >= 4 is 11.9 Å². The Bertz CT molecular complexity index is 499. The molecule has 1 heterocycles.